The van der Waals surface area contributed by atoms with Gasteiger partial charge in [0, 0.05) is 11.5 Å². The number of carbonyl (C=O) groups is 1. The van der Waals surface area contributed by atoms with Crippen LogP contribution in [0.5, 0.6) is 0 Å². The molecular formula is C22H31N3OS+2. The summed E-state index contributed by atoms with van der Waals surface area (Å²) >= 11 is 1.83. The van der Waals surface area contributed by atoms with Gasteiger partial charge in [-0.25, -0.2) is 0 Å². The number of nitrogens with one attached hydrogen (secondary N) is 3. The highest BCUT2D eigenvalue weighted by Crippen LogP contribution is 2.29. The van der Waals surface area contributed by atoms with Crippen molar-refractivity contribution in [2.24, 2.45) is 5.92 Å². The van der Waals surface area contributed by atoms with Crippen LogP contribution in [-0.4, -0.2) is 38.1 Å². The highest BCUT2D eigenvalue weighted by Gasteiger charge is 2.38. The van der Waals surface area contributed by atoms with Gasteiger partial charge < -0.3 is 15.1 Å². The summed E-state index contributed by atoms with van der Waals surface area (Å²) in [6.07, 6.45) is 2.13. The van der Waals surface area contributed by atoms with E-state index in [0.717, 1.165) is 32.5 Å². The van der Waals surface area contributed by atoms with Gasteiger partial charge >= 0.3 is 0 Å². The number of piperazine rings is 1. The average Bonchev–Trinajstić information content (AvgIpc) is 3.41. The Hall–Kier alpha value is -1.69. The molecule has 1 aromatic heterocycles. The van der Waals surface area contributed by atoms with Crippen LogP contribution >= 0.6 is 11.3 Å². The van der Waals surface area contributed by atoms with Crippen LogP contribution in [0.15, 0.2) is 47.8 Å². The summed E-state index contributed by atoms with van der Waals surface area (Å²) in [5.41, 5.74) is 1.43. The molecule has 1 aliphatic heterocycles. The van der Waals surface area contributed by atoms with Crippen LogP contribution in [0.3, 0.4) is 0 Å². The molecule has 2 fully saturated rings. The zero-order valence-electron chi connectivity index (χ0n) is 16.1. The number of hydrogen-bond donors (Lipinski definition) is 3. The first-order chi connectivity index (χ1) is 13.2. The molecule has 2 heterocycles. The van der Waals surface area contributed by atoms with E-state index in [4.69, 9.17) is 0 Å². The Morgan fingerprint density at radius 1 is 1.11 bits per heavy atom. The molecule has 1 saturated heterocycles. The van der Waals surface area contributed by atoms with E-state index in [9.17, 15) is 4.79 Å². The fraction of sp³-hybridized carbons (Fsp3) is 0.500. The van der Waals surface area contributed by atoms with Crippen molar-refractivity contribution in [3.05, 3.63) is 58.3 Å². The minimum absolute atomic E-state index is 0.183. The molecule has 4 rings (SSSR count). The predicted octanol–water partition coefficient (Wildman–Crippen LogP) is 0.688. The standard InChI is InChI=1S/C22H29N3OS/c1-17(23-22(26)19-9-10-19)21(20-8-5-15-27-20)25-13-11-24(12-14-25)16-18-6-3-2-4-7-18/h2-8,15,17,19,21H,9-14,16H2,1H3,(H,23,26)/p+2/t17-,21-/m1/s1. The normalized spacial score (nSPS) is 24.9. The fourth-order valence-corrected chi connectivity index (χ4v) is 5.33. The van der Waals surface area contributed by atoms with Gasteiger partial charge in [-0.05, 0) is 31.2 Å². The summed E-state index contributed by atoms with van der Waals surface area (Å²) in [4.78, 5) is 17.0. The van der Waals surface area contributed by atoms with Crippen LogP contribution in [0.4, 0.5) is 0 Å². The minimum atomic E-state index is 0.183. The van der Waals surface area contributed by atoms with Crippen molar-refractivity contribution in [1.29, 1.82) is 0 Å². The number of carbonyl (C=O) groups excluding carboxylic acids is 1. The SMILES string of the molecule is C[C@@H](NC(=O)C1CC1)[C@H](c1cccs1)[NH+]1CC[NH+](Cc2ccccc2)CC1. The topological polar surface area (TPSA) is 38.0 Å². The van der Waals surface area contributed by atoms with E-state index < -0.39 is 0 Å². The molecule has 0 unspecified atom stereocenters. The monoisotopic (exact) mass is 385 g/mol. The Morgan fingerprint density at radius 3 is 2.48 bits per heavy atom. The highest BCUT2D eigenvalue weighted by molar-refractivity contribution is 7.10. The first-order valence-electron chi connectivity index (χ1n) is 10.3. The summed E-state index contributed by atoms with van der Waals surface area (Å²) in [7, 11) is 0. The fourth-order valence-electron chi connectivity index (χ4n) is 4.34. The number of thiophene rings is 1. The second-order valence-corrected chi connectivity index (χ2v) is 9.11. The molecule has 5 heteroatoms. The van der Waals surface area contributed by atoms with Gasteiger partial charge in [0.05, 0.1) is 10.9 Å². The van der Waals surface area contributed by atoms with Crippen LogP contribution in [-0.2, 0) is 11.3 Å². The quantitative estimate of drug-likeness (QED) is 0.645. The molecule has 1 aromatic carbocycles. The molecule has 1 saturated carbocycles. The van der Waals surface area contributed by atoms with E-state index in [2.05, 4.69) is 60.1 Å². The second-order valence-electron chi connectivity index (χ2n) is 8.14. The number of quaternary nitrogens is 2. The molecule has 27 heavy (non-hydrogen) atoms. The highest BCUT2D eigenvalue weighted by atomic mass is 32.1. The number of amides is 1. The van der Waals surface area contributed by atoms with Crippen molar-refractivity contribution in [2.75, 3.05) is 26.2 Å². The summed E-state index contributed by atoms with van der Waals surface area (Å²) in [6, 6.07) is 15.7. The Bertz CT molecular complexity index is 721. The number of benzene rings is 1. The Kier molecular flexibility index (Phi) is 5.91. The van der Waals surface area contributed by atoms with Gasteiger partial charge in [0.15, 0.2) is 0 Å². The molecule has 2 atom stereocenters. The number of rotatable bonds is 7. The van der Waals surface area contributed by atoms with Gasteiger partial charge in [-0.2, -0.15) is 0 Å². The lowest BCUT2D eigenvalue weighted by Crippen LogP contribution is -3.28. The molecular weight excluding hydrogens is 354 g/mol. The van der Waals surface area contributed by atoms with Gasteiger partial charge in [0.1, 0.15) is 38.8 Å². The molecule has 1 amide bonds. The maximum absolute atomic E-state index is 12.3. The summed E-state index contributed by atoms with van der Waals surface area (Å²) in [6.45, 7) is 8.01. The van der Waals surface area contributed by atoms with Crippen LogP contribution in [0.2, 0.25) is 0 Å². The van der Waals surface area contributed by atoms with Crippen molar-refractivity contribution in [2.45, 2.75) is 38.4 Å². The van der Waals surface area contributed by atoms with E-state index >= 15 is 0 Å². The molecule has 2 aliphatic rings. The van der Waals surface area contributed by atoms with E-state index in [-0.39, 0.29) is 17.9 Å². The van der Waals surface area contributed by atoms with E-state index in [1.54, 1.807) is 9.80 Å². The average molecular weight is 386 g/mol. The molecule has 0 bridgehead atoms. The summed E-state index contributed by atoms with van der Waals surface area (Å²) in [5.74, 6) is 0.537. The molecule has 144 valence electrons. The molecule has 4 nitrogen and oxygen atoms in total. The predicted molar refractivity (Wildman–Crippen MR) is 109 cm³/mol. The van der Waals surface area contributed by atoms with Crippen molar-refractivity contribution >= 4 is 17.2 Å². The van der Waals surface area contributed by atoms with Crippen molar-refractivity contribution in [3.63, 3.8) is 0 Å². The molecule has 3 N–H and O–H groups in total. The van der Waals surface area contributed by atoms with Gasteiger partial charge in [-0.3, -0.25) is 4.79 Å². The van der Waals surface area contributed by atoms with Gasteiger partial charge in [-0.1, -0.05) is 36.4 Å². The lowest BCUT2D eigenvalue weighted by molar-refractivity contribution is -1.03. The molecule has 1 aliphatic carbocycles. The lowest BCUT2D eigenvalue weighted by atomic mass is 10.0. The second kappa shape index (κ2) is 8.55. The Morgan fingerprint density at radius 2 is 1.85 bits per heavy atom. The van der Waals surface area contributed by atoms with Crippen molar-refractivity contribution < 1.29 is 14.6 Å². The molecule has 0 radical (unpaired) electrons. The maximum Gasteiger partial charge on any atom is 0.223 e. The maximum atomic E-state index is 12.3. The number of hydrogen-bond acceptors (Lipinski definition) is 2. The molecule has 0 spiro atoms. The first-order valence-corrected chi connectivity index (χ1v) is 11.1. The smallest absolute Gasteiger partial charge is 0.223 e. The first kappa shape index (κ1) is 18.7. The van der Waals surface area contributed by atoms with E-state index in [1.807, 2.05) is 11.3 Å². The lowest BCUT2D eigenvalue weighted by Gasteiger charge is -2.37. The summed E-state index contributed by atoms with van der Waals surface area (Å²) < 4.78 is 0. The van der Waals surface area contributed by atoms with E-state index in [0.29, 0.717) is 6.04 Å². The van der Waals surface area contributed by atoms with Gasteiger partial charge in [0.25, 0.3) is 0 Å². The third-order valence-corrected chi connectivity index (χ3v) is 6.96. The largest absolute Gasteiger partial charge is 0.347 e. The third kappa shape index (κ3) is 4.78. The van der Waals surface area contributed by atoms with Crippen molar-refractivity contribution in [1.82, 2.24) is 5.32 Å². The van der Waals surface area contributed by atoms with Crippen LogP contribution in [0.1, 0.15) is 36.2 Å². The van der Waals surface area contributed by atoms with Crippen LogP contribution < -0.4 is 15.1 Å². The summed E-state index contributed by atoms with van der Waals surface area (Å²) in [5, 5.41) is 5.48. The minimum Gasteiger partial charge on any atom is -0.347 e. The van der Waals surface area contributed by atoms with Gasteiger partial charge in [-0.15, -0.1) is 11.3 Å². The van der Waals surface area contributed by atoms with E-state index in [1.165, 1.54) is 23.5 Å². The zero-order chi connectivity index (χ0) is 18.6. The van der Waals surface area contributed by atoms with Crippen LogP contribution in [0, 0.1) is 5.92 Å². The zero-order valence-corrected chi connectivity index (χ0v) is 16.9. The molecule has 2 aromatic rings. The van der Waals surface area contributed by atoms with Gasteiger partial charge in [0.2, 0.25) is 5.91 Å². The Labute approximate surface area is 166 Å². The van der Waals surface area contributed by atoms with Crippen molar-refractivity contribution in [3.8, 4) is 0 Å². The van der Waals surface area contributed by atoms with Crippen LogP contribution in [0.25, 0.3) is 0 Å². The third-order valence-electron chi connectivity index (χ3n) is 6.00. The Balaban J connectivity index is 1.38.